The molecule has 1 aliphatic rings. The van der Waals surface area contributed by atoms with Gasteiger partial charge in [-0.25, -0.2) is 4.79 Å². The van der Waals surface area contributed by atoms with Crippen molar-refractivity contribution in [1.29, 1.82) is 5.26 Å². The second kappa shape index (κ2) is 9.02. The Morgan fingerprint density at radius 2 is 1.76 bits per heavy atom. The lowest BCUT2D eigenvalue weighted by molar-refractivity contribution is -0.143. The van der Waals surface area contributed by atoms with E-state index in [4.69, 9.17) is 10.5 Å². The monoisotopic (exact) mass is 391 g/mol. The SMILES string of the molecule is N#Cc1ccccc1-c1ccccc1C(=O)OCC(=O)N1CCCC[C@H]1C(N)=O. The van der Waals surface area contributed by atoms with Gasteiger partial charge in [0.05, 0.1) is 17.2 Å². The van der Waals surface area contributed by atoms with Gasteiger partial charge in [0, 0.05) is 12.1 Å². The third-order valence-corrected chi connectivity index (χ3v) is 4.96. The van der Waals surface area contributed by atoms with Gasteiger partial charge < -0.3 is 15.4 Å². The van der Waals surface area contributed by atoms with Gasteiger partial charge in [0.15, 0.2) is 6.61 Å². The highest BCUT2D eigenvalue weighted by Gasteiger charge is 2.31. The van der Waals surface area contributed by atoms with E-state index < -0.39 is 30.4 Å². The summed E-state index contributed by atoms with van der Waals surface area (Å²) in [6, 6.07) is 15.2. The molecule has 0 bridgehead atoms. The first-order valence-corrected chi connectivity index (χ1v) is 9.37. The molecule has 29 heavy (non-hydrogen) atoms. The number of ether oxygens (including phenoxy) is 1. The number of likely N-dealkylation sites (tertiary alicyclic amines) is 1. The first kappa shape index (κ1) is 20.1. The number of nitrogens with zero attached hydrogens (tertiary/aromatic N) is 2. The summed E-state index contributed by atoms with van der Waals surface area (Å²) in [5, 5.41) is 9.35. The Labute approximate surface area is 168 Å². The molecule has 7 nitrogen and oxygen atoms in total. The van der Waals surface area contributed by atoms with Crippen LogP contribution in [0.15, 0.2) is 48.5 Å². The van der Waals surface area contributed by atoms with Crippen molar-refractivity contribution in [2.75, 3.05) is 13.2 Å². The Morgan fingerprint density at radius 3 is 2.48 bits per heavy atom. The predicted octanol–water partition coefficient (Wildman–Crippen LogP) is 2.25. The number of nitrogens with two attached hydrogens (primary N) is 1. The van der Waals surface area contributed by atoms with E-state index in [0.29, 0.717) is 29.7 Å². The van der Waals surface area contributed by atoms with Gasteiger partial charge in [-0.05, 0) is 37.0 Å². The van der Waals surface area contributed by atoms with E-state index in [-0.39, 0.29) is 5.56 Å². The Kier molecular flexibility index (Phi) is 6.25. The van der Waals surface area contributed by atoms with Crippen LogP contribution in [0, 0.1) is 11.3 Å². The summed E-state index contributed by atoms with van der Waals surface area (Å²) in [4.78, 5) is 38.1. The minimum Gasteiger partial charge on any atom is -0.452 e. The summed E-state index contributed by atoms with van der Waals surface area (Å²) in [6.45, 7) is -0.0625. The molecule has 1 saturated heterocycles. The molecule has 1 aliphatic heterocycles. The maximum atomic E-state index is 12.7. The molecule has 2 N–H and O–H groups in total. The highest BCUT2D eigenvalue weighted by Crippen LogP contribution is 2.27. The van der Waals surface area contributed by atoms with E-state index >= 15 is 0 Å². The summed E-state index contributed by atoms with van der Waals surface area (Å²) in [7, 11) is 0. The Balaban J connectivity index is 1.76. The highest BCUT2D eigenvalue weighted by molar-refractivity contribution is 5.99. The van der Waals surface area contributed by atoms with E-state index in [1.165, 1.54) is 4.90 Å². The molecule has 7 heteroatoms. The number of carbonyl (C=O) groups is 3. The number of piperidine rings is 1. The van der Waals surface area contributed by atoms with Gasteiger partial charge in [-0.2, -0.15) is 5.26 Å². The van der Waals surface area contributed by atoms with Crippen molar-refractivity contribution in [3.05, 3.63) is 59.7 Å². The fourth-order valence-corrected chi connectivity index (χ4v) is 3.53. The van der Waals surface area contributed by atoms with Crippen molar-refractivity contribution in [2.45, 2.75) is 25.3 Å². The lowest BCUT2D eigenvalue weighted by Crippen LogP contribution is -2.51. The first-order chi connectivity index (χ1) is 14.0. The third-order valence-electron chi connectivity index (χ3n) is 4.96. The number of primary amides is 1. The van der Waals surface area contributed by atoms with Crippen LogP contribution in [-0.4, -0.2) is 41.9 Å². The number of carbonyl (C=O) groups excluding carboxylic acids is 3. The molecule has 3 rings (SSSR count). The summed E-state index contributed by atoms with van der Waals surface area (Å²) >= 11 is 0. The van der Waals surface area contributed by atoms with Crippen LogP contribution in [0.4, 0.5) is 0 Å². The van der Waals surface area contributed by atoms with Crippen LogP contribution in [-0.2, 0) is 14.3 Å². The van der Waals surface area contributed by atoms with Gasteiger partial charge in [0.2, 0.25) is 5.91 Å². The van der Waals surface area contributed by atoms with E-state index in [0.717, 1.165) is 12.8 Å². The summed E-state index contributed by atoms with van der Waals surface area (Å²) in [6.07, 6.45) is 2.11. The third kappa shape index (κ3) is 4.43. The van der Waals surface area contributed by atoms with Gasteiger partial charge >= 0.3 is 5.97 Å². The first-order valence-electron chi connectivity index (χ1n) is 9.37. The average Bonchev–Trinajstić information content (AvgIpc) is 2.77. The summed E-state index contributed by atoms with van der Waals surface area (Å²) < 4.78 is 5.24. The van der Waals surface area contributed by atoms with E-state index in [9.17, 15) is 19.6 Å². The van der Waals surface area contributed by atoms with Crippen molar-refractivity contribution >= 4 is 17.8 Å². The largest absolute Gasteiger partial charge is 0.452 e. The van der Waals surface area contributed by atoms with Crippen LogP contribution in [0.1, 0.15) is 35.2 Å². The number of hydrogen-bond donors (Lipinski definition) is 1. The lowest BCUT2D eigenvalue weighted by Gasteiger charge is -2.33. The van der Waals surface area contributed by atoms with Crippen molar-refractivity contribution < 1.29 is 19.1 Å². The van der Waals surface area contributed by atoms with Gasteiger partial charge in [0.1, 0.15) is 6.04 Å². The molecule has 0 aromatic heterocycles. The fraction of sp³-hybridized carbons (Fsp3) is 0.273. The molecular weight excluding hydrogens is 370 g/mol. The Bertz CT molecular complexity index is 980. The average molecular weight is 391 g/mol. The Hall–Kier alpha value is -3.66. The zero-order valence-corrected chi connectivity index (χ0v) is 15.8. The minimum atomic E-state index is -0.672. The zero-order chi connectivity index (χ0) is 20.8. The normalized spacial score (nSPS) is 16.0. The minimum absolute atomic E-state index is 0.257. The van der Waals surface area contributed by atoms with Gasteiger partial charge in [-0.15, -0.1) is 0 Å². The number of rotatable bonds is 5. The highest BCUT2D eigenvalue weighted by atomic mass is 16.5. The molecule has 0 radical (unpaired) electrons. The van der Waals surface area contributed by atoms with Crippen LogP contribution in [0.25, 0.3) is 11.1 Å². The number of benzene rings is 2. The lowest BCUT2D eigenvalue weighted by atomic mass is 9.96. The van der Waals surface area contributed by atoms with Gasteiger partial charge in [-0.1, -0.05) is 36.4 Å². The number of hydrogen-bond acceptors (Lipinski definition) is 5. The summed E-state index contributed by atoms with van der Waals surface area (Å²) in [5.41, 5.74) is 7.24. The van der Waals surface area contributed by atoms with Gasteiger partial charge in [-0.3, -0.25) is 9.59 Å². The molecule has 2 aromatic rings. The second-order valence-corrected chi connectivity index (χ2v) is 6.78. The number of nitriles is 1. The molecule has 0 spiro atoms. The maximum Gasteiger partial charge on any atom is 0.339 e. The molecule has 0 saturated carbocycles. The summed E-state index contributed by atoms with van der Waals surface area (Å²) in [5.74, 6) is -1.67. The molecule has 0 unspecified atom stereocenters. The van der Waals surface area contributed by atoms with Crippen LogP contribution >= 0.6 is 0 Å². The molecule has 2 amide bonds. The standard InChI is InChI=1S/C22H21N3O4/c23-13-15-7-1-2-8-16(15)17-9-3-4-10-18(17)22(28)29-14-20(26)25-12-6-5-11-19(25)21(24)27/h1-4,7-10,19H,5-6,11-12,14H2,(H2,24,27)/t19-/m0/s1. The van der Waals surface area contributed by atoms with Crippen molar-refractivity contribution in [2.24, 2.45) is 5.73 Å². The molecule has 0 aliphatic carbocycles. The van der Waals surface area contributed by atoms with E-state index in [2.05, 4.69) is 6.07 Å². The van der Waals surface area contributed by atoms with Crippen molar-refractivity contribution in [3.63, 3.8) is 0 Å². The van der Waals surface area contributed by atoms with E-state index in [1.807, 2.05) is 0 Å². The maximum absolute atomic E-state index is 12.7. The molecule has 1 atom stereocenters. The predicted molar refractivity (Wildman–Crippen MR) is 105 cm³/mol. The van der Waals surface area contributed by atoms with Gasteiger partial charge in [0.25, 0.3) is 5.91 Å². The van der Waals surface area contributed by atoms with Crippen LogP contribution in [0.3, 0.4) is 0 Å². The van der Waals surface area contributed by atoms with Crippen LogP contribution in [0.5, 0.6) is 0 Å². The zero-order valence-electron chi connectivity index (χ0n) is 15.8. The number of amides is 2. The molecule has 2 aromatic carbocycles. The smallest absolute Gasteiger partial charge is 0.339 e. The molecule has 1 fully saturated rings. The van der Waals surface area contributed by atoms with Crippen LogP contribution < -0.4 is 5.73 Å². The Morgan fingerprint density at radius 1 is 1.07 bits per heavy atom. The van der Waals surface area contributed by atoms with Crippen molar-refractivity contribution in [3.8, 4) is 17.2 Å². The van der Waals surface area contributed by atoms with Crippen molar-refractivity contribution in [1.82, 2.24) is 4.90 Å². The molecule has 148 valence electrons. The quantitative estimate of drug-likeness (QED) is 0.785. The van der Waals surface area contributed by atoms with Crippen LogP contribution in [0.2, 0.25) is 0 Å². The second-order valence-electron chi connectivity index (χ2n) is 6.78. The fourth-order valence-electron chi connectivity index (χ4n) is 3.53. The molecular formula is C22H21N3O4. The van der Waals surface area contributed by atoms with E-state index in [1.54, 1.807) is 48.5 Å². The molecule has 1 heterocycles. The topological polar surface area (TPSA) is 113 Å². The number of esters is 1.